The Morgan fingerprint density at radius 1 is 1.30 bits per heavy atom. The Kier molecular flexibility index (Phi) is 6.41. The van der Waals surface area contributed by atoms with Gasteiger partial charge in [0.1, 0.15) is 17.1 Å². The van der Waals surface area contributed by atoms with Gasteiger partial charge in [-0.1, -0.05) is 0 Å². The fraction of sp³-hybridized carbons (Fsp3) is 0.706. The van der Waals surface area contributed by atoms with Gasteiger partial charge in [0.2, 0.25) is 0 Å². The van der Waals surface area contributed by atoms with E-state index in [0.717, 1.165) is 36.5 Å². The SMILES string of the molecule is CSCc1ccc(CNC2CCCC2NC(=O)OC(C)(C)C)o1. The molecular formula is C17H28N2O3S. The molecule has 1 amide bonds. The topological polar surface area (TPSA) is 63.5 Å². The molecule has 1 aliphatic rings. The number of hydrogen-bond acceptors (Lipinski definition) is 5. The van der Waals surface area contributed by atoms with Crippen LogP contribution in [0.5, 0.6) is 0 Å². The second-order valence-electron chi connectivity index (χ2n) is 6.97. The lowest BCUT2D eigenvalue weighted by molar-refractivity contribution is 0.0498. The zero-order valence-electron chi connectivity index (χ0n) is 14.5. The molecule has 1 aromatic heterocycles. The van der Waals surface area contributed by atoms with Crippen LogP contribution >= 0.6 is 11.8 Å². The van der Waals surface area contributed by atoms with E-state index in [9.17, 15) is 4.79 Å². The highest BCUT2D eigenvalue weighted by molar-refractivity contribution is 7.97. The van der Waals surface area contributed by atoms with Gasteiger partial charge >= 0.3 is 6.09 Å². The summed E-state index contributed by atoms with van der Waals surface area (Å²) in [6, 6.07) is 4.42. The molecule has 23 heavy (non-hydrogen) atoms. The van der Waals surface area contributed by atoms with Gasteiger partial charge in [0, 0.05) is 12.1 Å². The summed E-state index contributed by atoms with van der Waals surface area (Å²) in [5.41, 5.74) is -0.465. The number of carbonyl (C=O) groups is 1. The van der Waals surface area contributed by atoms with Crippen LogP contribution in [-0.2, 0) is 17.0 Å². The molecule has 2 rings (SSSR count). The predicted octanol–water partition coefficient (Wildman–Crippen LogP) is 3.68. The zero-order chi connectivity index (χ0) is 16.9. The van der Waals surface area contributed by atoms with Crippen LogP contribution in [0.2, 0.25) is 0 Å². The van der Waals surface area contributed by atoms with Crippen molar-refractivity contribution >= 4 is 17.9 Å². The van der Waals surface area contributed by atoms with Gasteiger partial charge in [-0.25, -0.2) is 4.79 Å². The molecule has 2 unspecified atom stereocenters. The third-order valence-electron chi connectivity index (χ3n) is 3.76. The van der Waals surface area contributed by atoms with E-state index in [2.05, 4.69) is 16.9 Å². The molecule has 5 nitrogen and oxygen atoms in total. The van der Waals surface area contributed by atoms with Gasteiger partial charge in [0.05, 0.1) is 12.3 Å². The maximum atomic E-state index is 11.9. The maximum Gasteiger partial charge on any atom is 0.407 e. The molecule has 0 aliphatic heterocycles. The molecule has 0 aromatic carbocycles. The second-order valence-corrected chi connectivity index (χ2v) is 7.84. The Hall–Kier alpha value is -1.14. The highest BCUT2D eigenvalue weighted by Gasteiger charge is 2.29. The molecule has 2 N–H and O–H groups in total. The fourth-order valence-electron chi connectivity index (χ4n) is 2.80. The van der Waals surface area contributed by atoms with Crippen LogP contribution in [0.25, 0.3) is 0 Å². The molecule has 1 fully saturated rings. The molecule has 0 radical (unpaired) electrons. The fourth-order valence-corrected chi connectivity index (χ4v) is 3.24. The lowest BCUT2D eigenvalue weighted by Crippen LogP contribution is -2.47. The van der Waals surface area contributed by atoms with E-state index in [-0.39, 0.29) is 18.2 Å². The van der Waals surface area contributed by atoms with Gasteiger partial charge in [-0.2, -0.15) is 11.8 Å². The quantitative estimate of drug-likeness (QED) is 0.827. The highest BCUT2D eigenvalue weighted by atomic mass is 32.2. The third-order valence-corrected chi connectivity index (χ3v) is 4.33. The van der Waals surface area contributed by atoms with Crippen molar-refractivity contribution in [2.24, 2.45) is 0 Å². The average molecular weight is 340 g/mol. The van der Waals surface area contributed by atoms with Crippen molar-refractivity contribution in [3.8, 4) is 0 Å². The summed E-state index contributed by atoms with van der Waals surface area (Å²) in [7, 11) is 0. The molecule has 1 heterocycles. The van der Waals surface area contributed by atoms with Crippen LogP contribution in [0.4, 0.5) is 4.79 Å². The summed E-state index contributed by atoms with van der Waals surface area (Å²) in [4.78, 5) is 11.9. The smallest absolute Gasteiger partial charge is 0.407 e. The summed E-state index contributed by atoms with van der Waals surface area (Å²) >= 11 is 1.75. The molecular weight excluding hydrogens is 312 g/mol. The Morgan fingerprint density at radius 2 is 2.00 bits per heavy atom. The molecule has 2 atom stereocenters. The van der Waals surface area contributed by atoms with Crippen molar-refractivity contribution in [2.45, 2.75) is 70.0 Å². The minimum Gasteiger partial charge on any atom is -0.464 e. The predicted molar refractivity (Wildman–Crippen MR) is 93.6 cm³/mol. The van der Waals surface area contributed by atoms with Gasteiger partial charge in [-0.05, 0) is 58.4 Å². The normalized spacial score (nSPS) is 21.4. The van der Waals surface area contributed by atoms with Gasteiger partial charge < -0.3 is 19.8 Å². The molecule has 1 saturated carbocycles. The molecule has 0 saturated heterocycles. The number of furan rings is 1. The van der Waals surface area contributed by atoms with Crippen LogP contribution in [0.15, 0.2) is 16.5 Å². The molecule has 1 aromatic rings. The molecule has 6 heteroatoms. The summed E-state index contributed by atoms with van der Waals surface area (Å²) < 4.78 is 11.1. The maximum absolute atomic E-state index is 11.9. The number of amides is 1. The van der Waals surface area contributed by atoms with Crippen LogP contribution < -0.4 is 10.6 Å². The Bertz CT molecular complexity index is 510. The van der Waals surface area contributed by atoms with Crippen molar-refractivity contribution in [3.05, 3.63) is 23.7 Å². The average Bonchev–Trinajstić information content (AvgIpc) is 3.04. The van der Waals surface area contributed by atoms with Crippen LogP contribution in [0.3, 0.4) is 0 Å². The van der Waals surface area contributed by atoms with Crippen LogP contribution in [0, 0.1) is 0 Å². The third kappa shape index (κ3) is 6.11. The molecule has 0 spiro atoms. The number of alkyl carbamates (subject to hydrolysis) is 1. The molecule has 1 aliphatic carbocycles. The number of carbonyl (C=O) groups excluding carboxylic acids is 1. The Labute approximate surface area is 142 Å². The van der Waals surface area contributed by atoms with E-state index < -0.39 is 5.60 Å². The standard InChI is InChI=1S/C17H28N2O3S/c1-17(2,3)22-16(20)19-15-7-5-6-14(15)18-10-12-8-9-13(21-12)11-23-4/h8-9,14-15,18H,5-7,10-11H2,1-4H3,(H,19,20). The van der Waals surface area contributed by atoms with Crippen molar-refractivity contribution in [1.82, 2.24) is 10.6 Å². The Balaban J connectivity index is 1.80. The minimum atomic E-state index is -0.465. The summed E-state index contributed by atoms with van der Waals surface area (Å²) in [6.45, 7) is 6.31. The number of hydrogen-bond donors (Lipinski definition) is 2. The monoisotopic (exact) mass is 340 g/mol. The lowest BCUT2D eigenvalue weighted by Gasteiger charge is -2.25. The van der Waals surface area contributed by atoms with E-state index in [4.69, 9.17) is 9.15 Å². The summed E-state index contributed by atoms with van der Waals surface area (Å²) in [5.74, 6) is 2.84. The van der Waals surface area contributed by atoms with E-state index in [1.54, 1.807) is 11.8 Å². The van der Waals surface area contributed by atoms with Gasteiger partial charge in [0.25, 0.3) is 0 Å². The van der Waals surface area contributed by atoms with Crippen LogP contribution in [-0.4, -0.2) is 30.0 Å². The van der Waals surface area contributed by atoms with E-state index in [1.165, 1.54) is 0 Å². The number of thioether (sulfide) groups is 1. The van der Waals surface area contributed by atoms with E-state index >= 15 is 0 Å². The van der Waals surface area contributed by atoms with Gasteiger partial charge in [-0.3, -0.25) is 0 Å². The Morgan fingerprint density at radius 3 is 2.70 bits per heavy atom. The first-order valence-electron chi connectivity index (χ1n) is 8.17. The molecule has 0 bridgehead atoms. The number of ether oxygens (including phenoxy) is 1. The first-order valence-corrected chi connectivity index (χ1v) is 9.56. The molecule has 130 valence electrons. The highest BCUT2D eigenvalue weighted by Crippen LogP contribution is 2.21. The summed E-state index contributed by atoms with van der Waals surface area (Å²) in [5, 5.41) is 6.49. The number of nitrogens with one attached hydrogen (secondary N) is 2. The van der Waals surface area contributed by atoms with Crippen molar-refractivity contribution in [2.75, 3.05) is 6.26 Å². The van der Waals surface area contributed by atoms with E-state index in [1.807, 2.05) is 32.9 Å². The largest absolute Gasteiger partial charge is 0.464 e. The van der Waals surface area contributed by atoms with Gasteiger partial charge in [0.15, 0.2) is 0 Å². The zero-order valence-corrected chi connectivity index (χ0v) is 15.3. The van der Waals surface area contributed by atoms with Crippen molar-refractivity contribution in [3.63, 3.8) is 0 Å². The first-order chi connectivity index (χ1) is 10.9. The lowest BCUT2D eigenvalue weighted by atomic mass is 10.1. The number of rotatable bonds is 6. The minimum absolute atomic E-state index is 0.116. The van der Waals surface area contributed by atoms with Crippen molar-refractivity contribution < 1.29 is 13.9 Å². The van der Waals surface area contributed by atoms with E-state index in [0.29, 0.717) is 6.54 Å². The van der Waals surface area contributed by atoms with Gasteiger partial charge in [-0.15, -0.1) is 0 Å². The first kappa shape index (κ1) is 18.2. The van der Waals surface area contributed by atoms with Crippen molar-refractivity contribution in [1.29, 1.82) is 0 Å². The summed E-state index contributed by atoms with van der Waals surface area (Å²) in [6.07, 6.45) is 4.86. The second kappa shape index (κ2) is 8.11. The van der Waals surface area contributed by atoms with Crippen LogP contribution in [0.1, 0.15) is 51.6 Å².